The topological polar surface area (TPSA) is 131 Å². The maximum absolute atomic E-state index is 12.7. The summed E-state index contributed by atoms with van der Waals surface area (Å²) >= 11 is 15.8. The molecule has 18 heteroatoms. The fourth-order valence-electron chi connectivity index (χ4n) is 3.20. The number of nitrogens with zero attached hydrogens (tertiary/aromatic N) is 1. The molecule has 1 fully saturated rings. The van der Waals surface area contributed by atoms with Crippen LogP contribution in [0.1, 0.15) is 16.8 Å². The van der Waals surface area contributed by atoms with Gasteiger partial charge in [0, 0.05) is 19.2 Å². The number of phenols is 1. The summed E-state index contributed by atoms with van der Waals surface area (Å²) in [6.07, 6.45) is -6.22. The third kappa shape index (κ3) is 7.86. The number of aromatic hydroxyl groups is 1. The second kappa shape index (κ2) is 12.6. The Kier molecular flexibility index (Phi) is 10.2. The van der Waals surface area contributed by atoms with Gasteiger partial charge in [0.05, 0.1) is 29.9 Å². The van der Waals surface area contributed by atoms with Crippen LogP contribution in [0.15, 0.2) is 27.6 Å². The number of hydrogen-bond donors (Lipinski definition) is 2. The molecule has 3 rings (SSSR count). The van der Waals surface area contributed by atoms with Crippen molar-refractivity contribution in [1.82, 2.24) is 4.90 Å². The predicted octanol–water partition coefficient (Wildman–Crippen LogP) is 4.63. The van der Waals surface area contributed by atoms with Gasteiger partial charge in [-0.2, -0.15) is 13.2 Å². The highest BCUT2D eigenvalue weighted by atomic mass is 79.9. The van der Waals surface area contributed by atoms with E-state index >= 15 is 0 Å². The van der Waals surface area contributed by atoms with Crippen LogP contribution in [0, 0.1) is 0 Å². The number of nitrogens with one attached hydrogen (secondary N) is 1. The molecule has 1 saturated heterocycles. The summed E-state index contributed by atoms with van der Waals surface area (Å²) in [5.41, 5.74) is -0.284. The molecule has 2 N–H and O–H groups in total. The van der Waals surface area contributed by atoms with E-state index < -0.39 is 40.2 Å². The second-order valence-corrected chi connectivity index (χ2v) is 12.3. The number of esters is 2. The highest BCUT2D eigenvalue weighted by Crippen LogP contribution is 2.43. The van der Waals surface area contributed by atoms with E-state index in [0.717, 1.165) is 23.5 Å². The van der Waals surface area contributed by atoms with Gasteiger partial charge < -0.3 is 19.3 Å². The van der Waals surface area contributed by atoms with Crippen LogP contribution in [-0.4, -0.2) is 75.7 Å². The van der Waals surface area contributed by atoms with E-state index in [0.29, 0.717) is 13.1 Å². The molecule has 0 bridgehead atoms. The van der Waals surface area contributed by atoms with Crippen LogP contribution in [-0.2, 0) is 29.0 Å². The first-order valence-electron chi connectivity index (χ1n) is 10.5. The van der Waals surface area contributed by atoms with Crippen LogP contribution in [0.2, 0.25) is 8.67 Å². The van der Waals surface area contributed by atoms with Gasteiger partial charge in [-0.3, -0.25) is 9.62 Å². The first kappa shape index (κ1) is 30.7. The molecule has 1 atom stereocenters. The molecule has 0 radical (unpaired) electrons. The van der Waals surface area contributed by atoms with Gasteiger partial charge in [-0.1, -0.05) is 23.2 Å². The predicted molar refractivity (Wildman–Crippen MR) is 134 cm³/mol. The van der Waals surface area contributed by atoms with E-state index in [2.05, 4.69) is 25.4 Å². The minimum absolute atomic E-state index is 0.0438. The molecule has 38 heavy (non-hydrogen) atoms. The lowest BCUT2D eigenvalue weighted by Crippen LogP contribution is -2.46. The van der Waals surface area contributed by atoms with Crippen LogP contribution in [0.5, 0.6) is 5.75 Å². The van der Waals surface area contributed by atoms with Gasteiger partial charge in [-0.05, 0) is 34.5 Å². The number of halogens is 6. The fraction of sp³-hybridized carbons (Fsp3) is 0.400. The SMILES string of the molecule is O=C(OCCCN1CCOC(OC(=O)C(F)(F)F)C1)c1ccc(NS(=O)(=O)c2c(Cl)sc(Cl)c2Br)cc1O. The van der Waals surface area contributed by atoms with Crippen molar-refractivity contribution in [2.24, 2.45) is 0 Å². The molecule has 0 spiro atoms. The van der Waals surface area contributed by atoms with Gasteiger partial charge in [-0.25, -0.2) is 18.0 Å². The highest BCUT2D eigenvalue weighted by molar-refractivity contribution is 9.10. The van der Waals surface area contributed by atoms with Crippen molar-refractivity contribution in [2.75, 3.05) is 37.6 Å². The van der Waals surface area contributed by atoms with Crippen LogP contribution < -0.4 is 4.72 Å². The Labute approximate surface area is 236 Å². The van der Waals surface area contributed by atoms with E-state index in [9.17, 15) is 36.3 Å². The van der Waals surface area contributed by atoms with Gasteiger partial charge >= 0.3 is 18.1 Å². The van der Waals surface area contributed by atoms with Crippen molar-refractivity contribution in [2.45, 2.75) is 23.8 Å². The first-order chi connectivity index (χ1) is 17.7. The summed E-state index contributed by atoms with van der Waals surface area (Å²) in [4.78, 5) is 24.7. The molecule has 0 saturated carbocycles. The number of anilines is 1. The standard InChI is InChI=1S/C20H18BrCl2F3N2O8S2/c21-14-15(17(23)37-16(14)22)38(32,33)27-10-2-3-11(12(29)8-10)18(30)35-6-1-4-28-5-7-34-13(9-28)36-19(31)20(24,25)26/h2-3,8,13,27,29H,1,4-7,9H2. The Morgan fingerprint density at radius 2 is 2.00 bits per heavy atom. The molecular formula is C20H18BrCl2F3N2O8S2. The maximum atomic E-state index is 12.7. The normalized spacial score (nSPS) is 16.7. The number of benzene rings is 1. The molecule has 0 amide bonds. The van der Waals surface area contributed by atoms with E-state index in [1.54, 1.807) is 4.90 Å². The van der Waals surface area contributed by atoms with Gasteiger partial charge in [-0.15, -0.1) is 11.3 Å². The second-order valence-electron chi connectivity index (χ2n) is 7.62. The molecule has 0 aliphatic carbocycles. The molecule has 1 unspecified atom stereocenters. The molecule has 10 nitrogen and oxygen atoms in total. The number of thiophene rings is 1. The van der Waals surface area contributed by atoms with Crippen LogP contribution in [0.4, 0.5) is 18.9 Å². The highest BCUT2D eigenvalue weighted by Gasteiger charge is 2.43. The van der Waals surface area contributed by atoms with Crippen molar-refractivity contribution >= 4 is 78.1 Å². The zero-order valence-corrected chi connectivity index (χ0v) is 23.6. The molecule has 2 heterocycles. The number of rotatable bonds is 9. The van der Waals surface area contributed by atoms with E-state index in [4.69, 9.17) is 32.7 Å². The zero-order valence-electron chi connectivity index (χ0n) is 18.9. The number of phenolic OH excluding ortho intramolecular Hbond substituents is 1. The van der Waals surface area contributed by atoms with E-state index in [1.807, 2.05) is 0 Å². The fourth-order valence-corrected chi connectivity index (χ4v) is 7.81. The van der Waals surface area contributed by atoms with Crippen molar-refractivity contribution in [3.8, 4) is 5.75 Å². The molecule has 1 aliphatic rings. The Hall–Kier alpha value is -1.82. The summed E-state index contributed by atoms with van der Waals surface area (Å²) in [6, 6.07) is 3.41. The number of carbonyl (C=O) groups is 2. The zero-order chi connectivity index (χ0) is 28.3. The summed E-state index contributed by atoms with van der Waals surface area (Å²) in [5.74, 6) is -3.78. The molecular weight excluding hydrogens is 668 g/mol. The van der Waals surface area contributed by atoms with E-state index in [-0.39, 0.29) is 55.5 Å². The number of alkyl halides is 3. The number of carbonyl (C=O) groups excluding carboxylic acids is 2. The molecule has 210 valence electrons. The van der Waals surface area contributed by atoms with Crippen molar-refractivity contribution in [3.05, 3.63) is 36.9 Å². The average Bonchev–Trinajstić information content (AvgIpc) is 3.07. The molecule has 1 aromatic heterocycles. The van der Waals surface area contributed by atoms with Crippen molar-refractivity contribution in [3.63, 3.8) is 0 Å². The molecule has 1 aromatic carbocycles. The van der Waals surface area contributed by atoms with Crippen LogP contribution in [0.3, 0.4) is 0 Å². The van der Waals surface area contributed by atoms with Crippen LogP contribution in [0.25, 0.3) is 0 Å². The lowest BCUT2D eigenvalue weighted by molar-refractivity contribution is -0.234. The Morgan fingerprint density at radius 1 is 1.29 bits per heavy atom. The van der Waals surface area contributed by atoms with Crippen molar-refractivity contribution in [1.29, 1.82) is 0 Å². The van der Waals surface area contributed by atoms with Gasteiger partial charge in [0.2, 0.25) is 6.29 Å². The first-order valence-corrected chi connectivity index (χ1v) is 14.3. The number of morpholine rings is 1. The summed E-state index contributed by atoms with van der Waals surface area (Å²) in [5, 5.41) is 10.2. The number of hydrogen-bond acceptors (Lipinski definition) is 10. The van der Waals surface area contributed by atoms with Crippen molar-refractivity contribution < 1.29 is 50.5 Å². The van der Waals surface area contributed by atoms with Gasteiger partial charge in [0.25, 0.3) is 10.0 Å². The maximum Gasteiger partial charge on any atom is 0.491 e. The minimum atomic E-state index is -5.13. The van der Waals surface area contributed by atoms with Gasteiger partial charge in [0.15, 0.2) is 0 Å². The Balaban J connectivity index is 1.50. The smallest absolute Gasteiger partial charge is 0.491 e. The lowest BCUT2D eigenvalue weighted by atomic mass is 10.2. The Morgan fingerprint density at radius 3 is 2.61 bits per heavy atom. The van der Waals surface area contributed by atoms with Crippen LogP contribution >= 0.6 is 50.5 Å². The summed E-state index contributed by atoms with van der Waals surface area (Å²) in [7, 11) is -4.18. The summed E-state index contributed by atoms with van der Waals surface area (Å²) < 4.78 is 79.1. The largest absolute Gasteiger partial charge is 0.507 e. The third-order valence-electron chi connectivity index (χ3n) is 4.91. The third-order valence-corrected chi connectivity index (χ3v) is 9.75. The number of ether oxygens (including phenoxy) is 3. The quantitative estimate of drug-likeness (QED) is 0.286. The lowest BCUT2D eigenvalue weighted by Gasteiger charge is -2.32. The average molecular weight is 686 g/mol. The monoisotopic (exact) mass is 684 g/mol. The van der Waals surface area contributed by atoms with E-state index in [1.165, 1.54) is 6.07 Å². The number of sulfonamides is 1. The molecule has 2 aromatic rings. The Bertz CT molecular complexity index is 1310. The van der Waals surface area contributed by atoms with Gasteiger partial charge in [0.1, 0.15) is 24.9 Å². The minimum Gasteiger partial charge on any atom is -0.507 e. The molecule has 1 aliphatic heterocycles. The summed E-state index contributed by atoms with van der Waals surface area (Å²) in [6.45, 7) is 0.525.